The van der Waals surface area contributed by atoms with Gasteiger partial charge in [-0.3, -0.25) is 14.4 Å². The molecule has 4 amide bonds. The van der Waals surface area contributed by atoms with E-state index in [1.807, 2.05) is 6.07 Å². The third-order valence-corrected chi connectivity index (χ3v) is 20.6. The standard InChI is InChI=1S/C63H90N6O13S/c1-37(44-15-16-45-55-46(20-23-63(44,45)8)62(7)22-19-42(70)32-41(62)33-49(55)71)13-18-52(73)66-48(59(77)78)12-10-11-24-65-51(72)21-28-80-30-31-81-29-27-69(60(79)82-43-14-17-47-50(34-43)83-53(36-64)67-47)26-25-68(9)54(74)35-61(5,6)56-40(4)57(75)38(2)39(3)58(56)76/h14,17,34,37,41-42,44-46,48-49,55,70-71,75-76H,3-4,10-13,15-16,18-33,35H2,1-2,5-9H3,(H,65,72)(H,66,73)(H,77,78)/t37-,41+,42-,44-,45+,46+,48?,49+,55+,62+,63-/m1/s1. The average Bonchev–Trinajstić information content (AvgIpc) is 1.96. The summed E-state index contributed by atoms with van der Waals surface area (Å²) in [5.74, 6) is 0.396. The SMILES string of the molecule is C=c1c(C)c(O)c(=C)c(C(C)(C)CC(=O)N(C)CCN(CCOCCOCCC(=O)NCCCCC(NC(=O)CC[C@@H](C)[C@H]2CC[C@H]3[C@@H]4[C@@H](O)C[C@@H]5C[C@H](O)CC[C@]5(C)[C@H]4CC[C@]23C)C(=O)O)C(=O)Oc2ccc3nc(C#N)sc3c2)c1O. The number of hydrogen-bond donors (Lipinski definition) is 7. The fraction of sp³-hybridized carbons (Fsp3) is 0.667. The molecule has 4 aliphatic carbocycles. The summed E-state index contributed by atoms with van der Waals surface area (Å²) in [5.41, 5.74) is 0.619. The van der Waals surface area contributed by atoms with Crippen LogP contribution in [-0.4, -0.2) is 148 Å². The fourth-order valence-electron chi connectivity index (χ4n) is 14.9. The number of aromatic nitrogens is 1. The smallest absolute Gasteiger partial charge is 0.415 e. The van der Waals surface area contributed by atoms with Gasteiger partial charge in [0.1, 0.15) is 29.4 Å². The van der Waals surface area contributed by atoms with Crippen LogP contribution in [0.25, 0.3) is 23.4 Å². The molecule has 456 valence electrons. The lowest BCUT2D eigenvalue weighted by Gasteiger charge is -2.62. The number of nitrogens with one attached hydrogen (secondary N) is 2. The predicted molar refractivity (Wildman–Crippen MR) is 316 cm³/mol. The quantitative estimate of drug-likeness (QED) is 0.0298. The minimum absolute atomic E-state index is 0.0559. The van der Waals surface area contributed by atoms with E-state index >= 15 is 0 Å². The van der Waals surface area contributed by atoms with Crippen LogP contribution < -0.4 is 25.8 Å². The largest absolute Gasteiger partial charge is 0.507 e. The Kier molecular flexibility index (Phi) is 21.8. The van der Waals surface area contributed by atoms with E-state index in [1.54, 1.807) is 46.0 Å². The third-order valence-electron chi connectivity index (χ3n) is 19.7. The van der Waals surface area contributed by atoms with Crippen molar-refractivity contribution in [2.75, 3.05) is 59.7 Å². The van der Waals surface area contributed by atoms with E-state index in [-0.39, 0.29) is 157 Å². The van der Waals surface area contributed by atoms with E-state index in [9.17, 15) is 54.8 Å². The van der Waals surface area contributed by atoms with Gasteiger partial charge in [-0.2, -0.15) is 5.26 Å². The summed E-state index contributed by atoms with van der Waals surface area (Å²) in [6.07, 6.45) is 8.71. The first-order valence-electron chi connectivity index (χ1n) is 29.8. The zero-order chi connectivity index (χ0) is 60.6. The number of phenolic OH excluding ortho intramolecular Hbond substituents is 2. The number of amides is 4. The Balaban J connectivity index is 0.779. The number of nitriles is 1. The minimum atomic E-state index is -1.09. The first-order chi connectivity index (χ1) is 39.3. The number of carbonyl (C=O) groups excluding carboxylic acids is 4. The summed E-state index contributed by atoms with van der Waals surface area (Å²) in [5, 5.41) is 69.3. The van der Waals surface area contributed by atoms with E-state index in [2.05, 4.69) is 49.5 Å². The van der Waals surface area contributed by atoms with Gasteiger partial charge in [-0.15, -0.1) is 11.3 Å². The molecule has 19 nitrogen and oxygen atoms in total. The van der Waals surface area contributed by atoms with Crippen LogP contribution in [0.5, 0.6) is 17.2 Å². The highest BCUT2D eigenvalue weighted by atomic mass is 32.1. The van der Waals surface area contributed by atoms with Gasteiger partial charge < -0.3 is 60.2 Å². The van der Waals surface area contributed by atoms with Gasteiger partial charge >= 0.3 is 12.1 Å². The maximum absolute atomic E-state index is 13.6. The molecule has 0 bridgehead atoms. The number of likely N-dealkylation sites (N-methyl/N-ethyl adjacent to an activating group) is 1. The average molecular weight is 1170 g/mol. The van der Waals surface area contributed by atoms with Gasteiger partial charge in [0.25, 0.3) is 0 Å². The number of benzene rings is 2. The Labute approximate surface area is 492 Å². The molecule has 20 heteroatoms. The van der Waals surface area contributed by atoms with Crippen LogP contribution in [0.4, 0.5) is 4.79 Å². The third kappa shape index (κ3) is 15.2. The van der Waals surface area contributed by atoms with E-state index in [0.29, 0.717) is 70.8 Å². The molecule has 83 heavy (non-hydrogen) atoms. The molecular weight excluding hydrogens is 1080 g/mol. The molecule has 2 aromatic carbocycles. The number of carbonyl (C=O) groups is 5. The Morgan fingerprint density at radius 2 is 1.60 bits per heavy atom. The summed E-state index contributed by atoms with van der Waals surface area (Å²) in [6.45, 7) is 21.2. The van der Waals surface area contributed by atoms with Gasteiger partial charge in [0, 0.05) is 85.5 Å². The second-order valence-corrected chi connectivity index (χ2v) is 26.4. The molecule has 11 atom stereocenters. The molecule has 4 saturated carbocycles. The maximum atomic E-state index is 13.6. The lowest BCUT2D eigenvalue weighted by Crippen LogP contribution is -2.58. The minimum Gasteiger partial charge on any atom is -0.507 e. The molecule has 0 radical (unpaired) electrons. The van der Waals surface area contributed by atoms with Crippen LogP contribution in [-0.2, 0) is 34.1 Å². The molecule has 4 aliphatic rings. The zero-order valence-corrected chi connectivity index (χ0v) is 50.6. The number of aromatic hydroxyl groups is 2. The summed E-state index contributed by atoms with van der Waals surface area (Å²) in [7, 11) is 1.60. The number of nitrogens with zero attached hydrogens (tertiary/aromatic N) is 4. The van der Waals surface area contributed by atoms with E-state index in [1.165, 1.54) is 21.1 Å². The van der Waals surface area contributed by atoms with Crippen molar-refractivity contribution in [2.45, 2.75) is 162 Å². The Morgan fingerprint density at radius 1 is 0.892 bits per heavy atom. The van der Waals surface area contributed by atoms with Crippen LogP contribution in [0.3, 0.4) is 0 Å². The van der Waals surface area contributed by atoms with Gasteiger partial charge in [-0.1, -0.05) is 47.8 Å². The molecular formula is C63H90N6O13S. The monoisotopic (exact) mass is 1170 g/mol. The number of unbranched alkanes of at least 4 members (excludes halogenated alkanes) is 1. The summed E-state index contributed by atoms with van der Waals surface area (Å²) in [4.78, 5) is 72.3. The predicted octanol–water partition coefficient (Wildman–Crippen LogP) is 7.02. The van der Waals surface area contributed by atoms with Gasteiger partial charge in [0.05, 0.1) is 48.9 Å². The zero-order valence-electron chi connectivity index (χ0n) is 49.8. The van der Waals surface area contributed by atoms with Crippen molar-refractivity contribution in [3.8, 4) is 23.3 Å². The number of aliphatic hydroxyl groups excluding tert-OH is 2. The number of ether oxygens (including phenoxy) is 3. The molecule has 7 N–H and O–H groups in total. The maximum Gasteiger partial charge on any atom is 0.415 e. The number of thiazole rings is 1. The van der Waals surface area contributed by atoms with Crippen LogP contribution in [0.2, 0.25) is 0 Å². The van der Waals surface area contributed by atoms with E-state index in [4.69, 9.17) is 14.2 Å². The lowest BCUT2D eigenvalue weighted by atomic mass is 9.43. The summed E-state index contributed by atoms with van der Waals surface area (Å²) >= 11 is 1.17. The Morgan fingerprint density at radius 3 is 2.33 bits per heavy atom. The van der Waals surface area contributed by atoms with Crippen molar-refractivity contribution in [1.29, 1.82) is 5.26 Å². The number of fused-ring (bicyclic) bond motifs is 6. The van der Waals surface area contributed by atoms with Crippen molar-refractivity contribution in [3.05, 3.63) is 44.8 Å². The number of hydrogen-bond acceptors (Lipinski definition) is 15. The molecule has 0 spiro atoms. The van der Waals surface area contributed by atoms with Crippen LogP contribution in [0.15, 0.2) is 18.2 Å². The van der Waals surface area contributed by atoms with Crippen LogP contribution in [0.1, 0.15) is 147 Å². The van der Waals surface area contributed by atoms with Gasteiger partial charge in [-0.05, 0) is 142 Å². The van der Waals surface area contributed by atoms with Crippen LogP contribution in [0, 0.1) is 64.6 Å². The van der Waals surface area contributed by atoms with Crippen molar-refractivity contribution >= 4 is 64.5 Å². The van der Waals surface area contributed by atoms with Gasteiger partial charge in [-0.25, -0.2) is 14.6 Å². The van der Waals surface area contributed by atoms with E-state index < -0.39 is 23.5 Å². The topological polar surface area (TPSA) is 281 Å². The first-order valence-corrected chi connectivity index (χ1v) is 30.7. The highest BCUT2D eigenvalue weighted by Gasteiger charge is 2.63. The normalized spacial score (nSPS) is 25.5. The number of rotatable bonds is 27. The Bertz CT molecular complexity index is 2960. The molecule has 3 aromatic rings. The number of carboxylic acid groups (broad SMARTS) is 1. The molecule has 7 rings (SSSR count). The second kappa shape index (κ2) is 27.9. The fourth-order valence-corrected chi connectivity index (χ4v) is 15.7. The van der Waals surface area contributed by atoms with Gasteiger partial charge in [0.15, 0.2) is 5.01 Å². The highest BCUT2D eigenvalue weighted by molar-refractivity contribution is 7.19. The summed E-state index contributed by atoms with van der Waals surface area (Å²) in [6, 6.07) is 5.86. The number of aliphatic hydroxyl groups is 2. The van der Waals surface area contributed by atoms with Crippen molar-refractivity contribution in [3.63, 3.8) is 0 Å². The number of carboxylic acids is 1. The van der Waals surface area contributed by atoms with Gasteiger partial charge in [0.2, 0.25) is 17.7 Å². The van der Waals surface area contributed by atoms with Crippen molar-refractivity contribution in [2.24, 2.45) is 46.3 Å². The van der Waals surface area contributed by atoms with Crippen molar-refractivity contribution in [1.82, 2.24) is 25.4 Å². The first kappa shape index (κ1) is 64.7. The molecule has 1 unspecified atom stereocenters. The molecule has 4 fully saturated rings. The molecule has 1 heterocycles. The highest BCUT2D eigenvalue weighted by Crippen LogP contribution is 2.68. The molecule has 1 aromatic heterocycles. The number of aliphatic carboxylic acids is 1. The molecule has 0 aliphatic heterocycles. The lowest BCUT2D eigenvalue weighted by molar-refractivity contribution is -0.174. The van der Waals surface area contributed by atoms with Crippen LogP contribution >= 0.6 is 11.3 Å². The van der Waals surface area contributed by atoms with E-state index in [0.717, 1.165) is 51.4 Å². The number of phenols is 2. The Hall–Kier alpha value is -5.85. The second-order valence-electron chi connectivity index (χ2n) is 25.4. The van der Waals surface area contributed by atoms with Crippen molar-refractivity contribution < 1.29 is 63.7 Å². The summed E-state index contributed by atoms with van der Waals surface area (Å²) < 4.78 is 17.8. The molecule has 0 saturated heterocycles.